The molecule has 0 radical (unpaired) electrons. The molecule has 1 heterocycles. The standard InChI is InChI=1S/C23H26FN3O2S/c1-28-20-12-17(13-21(14-20)29-2)22-25-26-23(27(22)19-9-4-3-5-10-19)30-15-16-7-6-8-18(24)11-16/h6-8,11-14,19H,3-5,9-10,15H2,1-2H3. The van der Waals surface area contributed by atoms with Gasteiger partial charge in [0.1, 0.15) is 17.3 Å². The lowest BCUT2D eigenvalue weighted by molar-refractivity contribution is 0.339. The summed E-state index contributed by atoms with van der Waals surface area (Å²) in [6, 6.07) is 12.9. The number of benzene rings is 2. The molecule has 0 atom stereocenters. The van der Waals surface area contributed by atoms with Gasteiger partial charge in [-0.15, -0.1) is 10.2 Å². The molecule has 0 bridgehead atoms. The molecule has 1 aromatic heterocycles. The predicted molar refractivity (Wildman–Crippen MR) is 117 cm³/mol. The van der Waals surface area contributed by atoms with Gasteiger partial charge in [-0.3, -0.25) is 4.57 Å². The van der Waals surface area contributed by atoms with Crippen molar-refractivity contribution in [2.75, 3.05) is 14.2 Å². The summed E-state index contributed by atoms with van der Waals surface area (Å²) in [6.07, 6.45) is 5.90. The van der Waals surface area contributed by atoms with Gasteiger partial charge in [0.2, 0.25) is 0 Å². The molecular weight excluding hydrogens is 401 g/mol. The van der Waals surface area contributed by atoms with Gasteiger partial charge < -0.3 is 9.47 Å². The Hall–Kier alpha value is -2.54. The van der Waals surface area contributed by atoms with E-state index in [-0.39, 0.29) is 5.82 Å². The SMILES string of the molecule is COc1cc(OC)cc(-c2nnc(SCc3cccc(F)c3)n2C2CCCCC2)c1. The zero-order valence-corrected chi connectivity index (χ0v) is 18.1. The summed E-state index contributed by atoms with van der Waals surface area (Å²) in [6.45, 7) is 0. The van der Waals surface area contributed by atoms with Gasteiger partial charge in [-0.1, -0.05) is 43.2 Å². The minimum atomic E-state index is -0.217. The molecule has 0 amide bonds. The van der Waals surface area contributed by atoms with E-state index in [9.17, 15) is 4.39 Å². The van der Waals surface area contributed by atoms with E-state index in [4.69, 9.17) is 9.47 Å². The maximum absolute atomic E-state index is 13.6. The van der Waals surface area contributed by atoms with Crippen LogP contribution in [0.25, 0.3) is 11.4 Å². The van der Waals surface area contributed by atoms with Crippen LogP contribution in [-0.2, 0) is 5.75 Å². The average molecular weight is 428 g/mol. The summed E-state index contributed by atoms with van der Waals surface area (Å²) in [4.78, 5) is 0. The van der Waals surface area contributed by atoms with Crippen molar-refractivity contribution in [2.45, 2.75) is 49.1 Å². The van der Waals surface area contributed by atoms with Crippen LogP contribution in [0.5, 0.6) is 11.5 Å². The number of ether oxygens (including phenoxy) is 2. The second kappa shape index (κ2) is 9.51. The molecule has 7 heteroatoms. The van der Waals surface area contributed by atoms with Gasteiger partial charge in [0.05, 0.1) is 14.2 Å². The number of thioether (sulfide) groups is 1. The van der Waals surface area contributed by atoms with E-state index in [0.717, 1.165) is 46.4 Å². The number of rotatable bonds is 7. The highest BCUT2D eigenvalue weighted by atomic mass is 32.2. The fourth-order valence-corrected chi connectivity index (χ4v) is 4.90. The first kappa shape index (κ1) is 20.7. The Balaban J connectivity index is 1.70. The number of halogens is 1. The minimum absolute atomic E-state index is 0.217. The lowest BCUT2D eigenvalue weighted by atomic mass is 9.95. The summed E-state index contributed by atoms with van der Waals surface area (Å²) in [5.74, 6) is 2.68. The number of aromatic nitrogens is 3. The third-order valence-electron chi connectivity index (χ3n) is 5.47. The lowest BCUT2D eigenvalue weighted by Gasteiger charge is -2.25. The van der Waals surface area contributed by atoms with Gasteiger partial charge in [0, 0.05) is 23.4 Å². The molecule has 0 spiro atoms. The van der Waals surface area contributed by atoms with Gasteiger partial charge in [-0.05, 0) is 42.7 Å². The highest BCUT2D eigenvalue weighted by Crippen LogP contribution is 2.38. The van der Waals surface area contributed by atoms with Crippen molar-refractivity contribution in [1.82, 2.24) is 14.8 Å². The molecule has 0 unspecified atom stereocenters. The second-order valence-electron chi connectivity index (χ2n) is 7.49. The Kier molecular flexibility index (Phi) is 6.57. The molecule has 158 valence electrons. The topological polar surface area (TPSA) is 49.2 Å². The Morgan fingerprint density at radius 3 is 2.40 bits per heavy atom. The fraction of sp³-hybridized carbons (Fsp3) is 0.391. The third kappa shape index (κ3) is 4.61. The lowest BCUT2D eigenvalue weighted by Crippen LogP contribution is -2.15. The molecule has 0 aliphatic heterocycles. The van der Waals surface area contributed by atoms with Crippen LogP contribution in [0, 0.1) is 5.82 Å². The number of hydrogen-bond donors (Lipinski definition) is 0. The van der Waals surface area contributed by atoms with Gasteiger partial charge in [-0.25, -0.2) is 4.39 Å². The minimum Gasteiger partial charge on any atom is -0.497 e. The maximum Gasteiger partial charge on any atom is 0.192 e. The molecule has 2 aromatic carbocycles. The molecule has 0 N–H and O–H groups in total. The van der Waals surface area contributed by atoms with Crippen molar-refractivity contribution < 1.29 is 13.9 Å². The second-order valence-corrected chi connectivity index (χ2v) is 8.43. The van der Waals surface area contributed by atoms with Crippen molar-refractivity contribution in [3.63, 3.8) is 0 Å². The molecule has 30 heavy (non-hydrogen) atoms. The van der Waals surface area contributed by atoms with Crippen molar-refractivity contribution in [3.8, 4) is 22.9 Å². The molecular formula is C23H26FN3O2S. The van der Waals surface area contributed by atoms with Crippen LogP contribution in [0.2, 0.25) is 0 Å². The van der Waals surface area contributed by atoms with E-state index in [1.54, 1.807) is 38.1 Å². The smallest absolute Gasteiger partial charge is 0.192 e. The number of methoxy groups -OCH3 is 2. The molecule has 1 aliphatic carbocycles. The van der Waals surface area contributed by atoms with Crippen LogP contribution < -0.4 is 9.47 Å². The van der Waals surface area contributed by atoms with Gasteiger partial charge in [0.25, 0.3) is 0 Å². The predicted octanol–water partition coefficient (Wildman–Crippen LogP) is 5.90. The first-order chi connectivity index (χ1) is 14.7. The molecule has 4 rings (SSSR count). The normalized spacial score (nSPS) is 14.6. The highest BCUT2D eigenvalue weighted by molar-refractivity contribution is 7.98. The van der Waals surface area contributed by atoms with Crippen LogP contribution in [-0.4, -0.2) is 29.0 Å². The summed E-state index contributed by atoms with van der Waals surface area (Å²) in [5.41, 5.74) is 1.85. The Morgan fingerprint density at radius 1 is 1.00 bits per heavy atom. The molecule has 1 saturated carbocycles. The summed E-state index contributed by atoms with van der Waals surface area (Å²) in [5, 5.41) is 9.93. The molecule has 1 aliphatic rings. The Labute approximate surface area is 180 Å². The Morgan fingerprint density at radius 2 is 1.73 bits per heavy atom. The van der Waals surface area contributed by atoms with Crippen LogP contribution in [0.1, 0.15) is 43.7 Å². The third-order valence-corrected chi connectivity index (χ3v) is 6.49. The van der Waals surface area contributed by atoms with Crippen molar-refractivity contribution in [2.24, 2.45) is 0 Å². The molecule has 1 fully saturated rings. The molecule has 5 nitrogen and oxygen atoms in total. The van der Waals surface area contributed by atoms with E-state index in [0.29, 0.717) is 11.8 Å². The van der Waals surface area contributed by atoms with Crippen LogP contribution in [0.15, 0.2) is 47.6 Å². The first-order valence-electron chi connectivity index (χ1n) is 10.2. The summed E-state index contributed by atoms with van der Waals surface area (Å²) >= 11 is 1.60. The van der Waals surface area contributed by atoms with Gasteiger partial charge >= 0.3 is 0 Å². The largest absolute Gasteiger partial charge is 0.497 e. The van der Waals surface area contributed by atoms with E-state index >= 15 is 0 Å². The zero-order valence-electron chi connectivity index (χ0n) is 17.3. The van der Waals surface area contributed by atoms with Crippen LogP contribution in [0.4, 0.5) is 4.39 Å². The number of nitrogens with zero attached hydrogens (tertiary/aromatic N) is 3. The van der Waals surface area contributed by atoms with E-state index in [2.05, 4.69) is 14.8 Å². The first-order valence-corrected chi connectivity index (χ1v) is 11.2. The Bertz CT molecular complexity index is 980. The molecule has 0 saturated heterocycles. The van der Waals surface area contributed by atoms with Crippen LogP contribution >= 0.6 is 11.8 Å². The van der Waals surface area contributed by atoms with Crippen molar-refractivity contribution >= 4 is 11.8 Å². The number of hydrogen-bond acceptors (Lipinski definition) is 5. The quantitative estimate of drug-likeness (QED) is 0.440. The monoisotopic (exact) mass is 427 g/mol. The maximum atomic E-state index is 13.6. The summed E-state index contributed by atoms with van der Waals surface area (Å²) < 4.78 is 26.7. The van der Waals surface area contributed by atoms with Crippen molar-refractivity contribution in [3.05, 3.63) is 53.8 Å². The fourth-order valence-electron chi connectivity index (χ4n) is 3.95. The molecule has 3 aromatic rings. The van der Waals surface area contributed by atoms with Crippen LogP contribution in [0.3, 0.4) is 0 Å². The van der Waals surface area contributed by atoms with E-state index in [1.807, 2.05) is 24.3 Å². The van der Waals surface area contributed by atoms with Gasteiger partial charge in [-0.2, -0.15) is 0 Å². The summed E-state index contributed by atoms with van der Waals surface area (Å²) in [7, 11) is 3.29. The van der Waals surface area contributed by atoms with Crippen molar-refractivity contribution in [1.29, 1.82) is 0 Å². The van der Waals surface area contributed by atoms with E-state index < -0.39 is 0 Å². The highest BCUT2D eigenvalue weighted by Gasteiger charge is 2.24. The van der Waals surface area contributed by atoms with E-state index in [1.165, 1.54) is 25.3 Å². The zero-order chi connectivity index (χ0) is 20.9. The average Bonchev–Trinajstić information content (AvgIpc) is 3.22. The van der Waals surface area contributed by atoms with Gasteiger partial charge in [0.15, 0.2) is 11.0 Å².